The zero-order valence-corrected chi connectivity index (χ0v) is 14.2. The molecule has 0 spiro atoms. The van der Waals surface area contributed by atoms with Crippen molar-refractivity contribution in [3.05, 3.63) is 29.8 Å². The van der Waals surface area contributed by atoms with E-state index in [2.05, 4.69) is 5.32 Å². The fourth-order valence-corrected chi connectivity index (χ4v) is 2.85. The van der Waals surface area contributed by atoms with Crippen LogP contribution in [0.4, 0.5) is 8.78 Å². The Bertz CT molecular complexity index is 589. The van der Waals surface area contributed by atoms with Crippen molar-refractivity contribution in [2.24, 2.45) is 0 Å². The number of ether oxygens (including phenoxy) is 1. The molecule has 0 aliphatic heterocycles. The molecule has 1 aliphatic carbocycles. The van der Waals surface area contributed by atoms with Crippen LogP contribution in [0.5, 0.6) is 5.75 Å². The molecule has 1 atom stereocenters. The van der Waals surface area contributed by atoms with Gasteiger partial charge in [0.05, 0.1) is 13.2 Å². The van der Waals surface area contributed by atoms with Gasteiger partial charge in [0.1, 0.15) is 11.4 Å². The molecule has 0 saturated heterocycles. The summed E-state index contributed by atoms with van der Waals surface area (Å²) in [5, 5.41) is 12.1. The smallest absolute Gasteiger partial charge is 0.352 e. The minimum absolute atomic E-state index is 0.0160. The summed E-state index contributed by atoms with van der Waals surface area (Å²) in [6, 6.07) is 6.90. The molecular formula is C17H24F2N2O3. The first kappa shape index (κ1) is 18.6. The van der Waals surface area contributed by atoms with E-state index in [-0.39, 0.29) is 25.4 Å². The van der Waals surface area contributed by atoms with Crippen LogP contribution in [0.25, 0.3) is 0 Å². The van der Waals surface area contributed by atoms with Gasteiger partial charge in [0, 0.05) is 12.1 Å². The average molecular weight is 342 g/mol. The van der Waals surface area contributed by atoms with E-state index in [0.29, 0.717) is 12.2 Å². The van der Waals surface area contributed by atoms with E-state index in [4.69, 9.17) is 4.74 Å². The van der Waals surface area contributed by atoms with Crippen molar-refractivity contribution in [1.82, 2.24) is 10.2 Å². The number of halogens is 2. The van der Waals surface area contributed by atoms with Crippen LogP contribution in [0, 0.1) is 0 Å². The summed E-state index contributed by atoms with van der Waals surface area (Å²) >= 11 is 0. The number of nitrogens with zero attached hydrogens (tertiary/aromatic N) is 1. The van der Waals surface area contributed by atoms with Gasteiger partial charge in [-0.05, 0) is 39.4 Å². The second-order valence-corrected chi connectivity index (χ2v) is 6.39. The van der Waals surface area contributed by atoms with E-state index in [1.165, 1.54) is 7.11 Å². The van der Waals surface area contributed by atoms with Crippen LogP contribution in [0.3, 0.4) is 0 Å². The summed E-state index contributed by atoms with van der Waals surface area (Å²) in [5.74, 6) is -4.61. The topological polar surface area (TPSA) is 61.8 Å². The van der Waals surface area contributed by atoms with Crippen molar-refractivity contribution in [1.29, 1.82) is 0 Å². The number of carbonyl (C=O) groups is 1. The summed E-state index contributed by atoms with van der Waals surface area (Å²) < 4.78 is 33.6. The highest BCUT2D eigenvalue weighted by Crippen LogP contribution is 2.44. The minimum Gasteiger partial charge on any atom is -0.496 e. The molecule has 1 unspecified atom stereocenters. The van der Waals surface area contributed by atoms with Gasteiger partial charge in [0.2, 0.25) is 0 Å². The first-order valence-corrected chi connectivity index (χ1v) is 7.91. The molecule has 7 heteroatoms. The molecule has 1 saturated carbocycles. The zero-order chi connectivity index (χ0) is 18.0. The lowest BCUT2D eigenvalue weighted by Gasteiger charge is -2.41. The zero-order valence-electron chi connectivity index (χ0n) is 14.2. The van der Waals surface area contributed by atoms with Gasteiger partial charge in [-0.15, -0.1) is 0 Å². The van der Waals surface area contributed by atoms with E-state index in [1.807, 2.05) is 23.1 Å². The van der Waals surface area contributed by atoms with Gasteiger partial charge >= 0.3 is 5.92 Å². The van der Waals surface area contributed by atoms with E-state index in [0.717, 1.165) is 5.56 Å². The van der Waals surface area contributed by atoms with Gasteiger partial charge in [-0.3, -0.25) is 4.79 Å². The highest BCUT2D eigenvalue weighted by atomic mass is 19.3. The van der Waals surface area contributed by atoms with E-state index in [1.54, 1.807) is 20.2 Å². The lowest BCUT2D eigenvalue weighted by Crippen LogP contribution is -2.61. The summed E-state index contributed by atoms with van der Waals surface area (Å²) in [5.41, 5.74) is -1.43. The molecule has 1 aromatic carbocycles. The van der Waals surface area contributed by atoms with Crippen LogP contribution in [0.15, 0.2) is 24.3 Å². The summed E-state index contributed by atoms with van der Waals surface area (Å²) in [6.45, 7) is -0.0160. The van der Waals surface area contributed by atoms with Gasteiger partial charge in [0.25, 0.3) is 5.91 Å². The van der Waals surface area contributed by atoms with Crippen molar-refractivity contribution in [2.75, 3.05) is 27.7 Å². The highest BCUT2D eigenvalue weighted by Gasteiger charge is 2.61. The molecule has 0 heterocycles. The highest BCUT2D eigenvalue weighted by molar-refractivity contribution is 5.85. The number of hydrogen-bond acceptors (Lipinski definition) is 4. The third-order valence-electron chi connectivity index (χ3n) is 4.63. The molecule has 1 amide bonds. The Hall–Kier alpha value is -1.73. The van der Waals surface area contributed by atoms with Crippen LogP contribution in [-0.2, 0) is 4.79 Å². The lowest BCUT2D eigenvalue weighted by atomic mass is 9.75. The SMILES string of the molecule is COc1ccccc1C(CNC(=O)C(F)(F)C1(O)CCC1)N(C)C. The summed E-state index contributed by atoms with van der Waals surface area (Å²) in [7, 11) is 5.12. The van der Waals surface area contributed by atoms with Gasteiger partial charge in [-0.25, -0.2) is 0 Å². The second-order valence-electron chi connectivity index (χ2n) is 6.39. The Balaban J connectivity index is 2.11. The Morgan fingerprint density at radius 2 is 2.04 bits per heavy atom. The lowest BCUT2D eigenvalue weighted by molar-refractivity contribution is -0.216. The van der Waals surface area contributed by atoms with Crippen LogP contribution in [0.2, 0.25) is 0 Å². The molecule has 0 bridgehead atoms. The number of likely N-dealkylation sites (N-methyl/N-ethyl adjacent to an activating group) is 1. The van der Waals surface area contributed by atoms with Gasteiger partial charge in [-0.2, -0.15) is 8.78 Å². The maximum atomic E-state index is 14.1. The predicted octanol–water partition coefficient (Wildman–Crippen LogP) is 1.96. The molecule has 134 valence electrons. The van der Waals surface area contributed by atoms with Crippen LogP contribution < -0.4 is 10.1 Å². The Labute approximate surface area is 140 Å². The monoisotopic (exact) mass is 342 g/mol. The molecule has 0 radical (unpaired) electrons. The van der Waals surface area contributed by atoms with Crippen LogP contribution in [0.1, 0.15) is 30.9 Å². The number of hydrogen-bond donors (Lipinski definition) is 2. The summed E-state index contributed by atoms with van der Waals surface area (Å²) in [6.07, 6.45) is 0.384. The Morgan fingerprint density at radius 3 is 2.54 bits per heavy atom. The van der Waals surface area contributed by atoms with Crippen molar-refractivity contribution in [3.63, 3.8) is 0 Å². The van der Waals surface area contributed by atoms with E-state index >= 15 is 0 Å². The second kappa shape index (κ2) is 7.03. The number of nitrogens with one attached hydrogen (secondary N) is 1. The number of carbonyl (C=O) groups excluding carboxylic acids is 1. The quantitative estimate of drug-likeness (QED) is 0.795. The number of rotatable bonds is 7. The number of benzene rings is 1. The third kappa shape index (κ3) is 3.37. The number of alkyl halides is 2. The van der Waals surface area contributed by atoms with Gasteiger partial charge in [-0.1, -0.05) is 18.2 Å². The number of methoxy groups -OCH3 is 1. The fraction of sp³-hybridized carbons (Fsp3) is 0.588. The van der Waals surface area contributed by atoms with Crippen molar-refractivity contribution >= 4 is 5.91 Å². The molecule has 24 heavy (non-hydrogen) atoms. The van der Waals surface area contributed by atoms with Crippen LogP contribution >= 0.6 is 0 Å². The van der Waals surface area contributed by atoms with E-state index < -0.39 is 17.4 Å². The Kier molecular flexibility index (Phi) is 5.45. The molecule has 1 fully saturated rings. The predicted molar refractivity (Wildman–Crippen MR) is 86.2 cm³/mol. The van der Waals surface area contributed by atoms with Crippen molar-refractivity contribution in [2.45, 2.75) is 36.8 Å². The molecule has 1 aliphatic rings. The van der Waals surface area contributed by atoms with Gasteiger partial charge in [0.15, 0.2) is 0 Å². The average Bonchev–Trinajstić information content (AvgIpc) is 2.52. The van der Waals surface area contributed by atoms with Crippen LogP contribution in [-0.4, -0.2) is 55.2 Å². The normalized spacial score (nSPS) is 18.0. The number of para-hydroxylation sites is 1. The number of aliphatic hydroxyl groups is 1. The maximum absolute atomic E-state index is 14.1. The first-order valence-electron chi connectivity index (χ1n) is 7.91. The largest absolute Gasteiger partial charge is 0.496 e. The first-order chi connectivity index (χ1) is 11.2. The standard InChI is InChI=1S/C17H24F2N2O3/c1-21(2)13(12-7-4-5-8-14(12)24-3)11-20-15(22)17(18,19)16(23)9-6-10-16/h4-5,7-8,13,23H,6,9-11H2,1-3H3,(H,20,22). The van der Waals surface area contributed by atoms with Gasteiger partial charge < -0.3 is 20.1 Å². The summed E-state index contributed by atoms with van der Waals surface area (Å²) in [4.78, 5) is 13.8. The fourth-order valence-electron chi connectivity index (χ4n) is 2.85. The minimum atomic E-state index is -3.79. The van der Waals surface area contributed by atoms with Crippen molar-refractivity contribution in [3.8, 4) is 5.75 Å². The molecule has 2 N–H and O–H groups in total. The molecule has 0 aromatic heterocycles. The molecule has 2 rings (SSSR count). The molecular weight excluding hydrogens is 318 g/mol. The van der Waals surface area contributed by atoms with Crippen molar-refractivity contribution < 1.29 is 23.4 Å². The molecule has 1 aromatic rings. The third-order valence-corrected chi connectivity index (χ3v) is 4.63. The molecule has 5 nitrogen and oxygen atoms in total. The Morgan fingerprint density at radius 1 is 1.42 bits per heavy atom. The number of amides is 1. The van der Waals surface area contributed by atoms with E-state index in [9.17, 15) is 18.7 Å². The maximum Gasteiger partial charge on any atom is 0.352 e.